The predicted molar refractivity (Wildman–Crippen MR) is 74.7 cm³/mol. The smallest absolute Gasteiger partial charge is 0.220 e. The number of ketones is 1. The van der Waals surface area contributed by atoms with Crippen LogP contribution in [-0.4, -0.2) is 30.2 Å². The van der Waals surface area contributed by atoms with Gasteiger partial charge < -0.3 is 10.6 Å². The van der Waals surface area contributed by atoms with E-state index in [1.54, 1.807) is 0 Å². The van der Waals surface area contributed by atoms with Gasteiger partial charge >= 0.3 is 0 Å². The van der Waals surface area contributed by atoms with Gasteiger partial charge in [-0.2, -0.15) is 0 Å². The summed E-state index contributed by atoms with van der Waals surface area (Å²) in [5.41, 5.74) is 0. The Bertz CT molecular complexity index is 303. The zero-order valence-electron chi connectivity index (χ0n) is 12.3. The first-order valence-electron chi connectivity index (χ1n) is 7.07. The summed E-state index contributed by atoms with van der Waals surface area (Å²) in [5, 5.41) is 5.42. The van der Waals surface area contributed by atoms with E-state index in [4.69, 9.17) is 0 Å². The third-order valence-electron chi connectivity index (χ3n) is 2.78. The van der Waals surface area contributed by atoms with Gasteiger partial charge in [-0.15, -0.1) is 0 Å². The van der Waals surface area contributed by atoms with Crippen molar-refractivity contribution in [1.29, 1.82) is 0 Å². The summed E-state index contributed by atoms with van der Waals surface area (Å²) in [5.74, 6) is -0.298. The van der Waals surface area contributed by atoms with Gasteiger partial charge in [0, 0.05) is 26.3 Å². The molecule has 0 saturated heterocycles. The minimum absolute atomic E-state index is 0.000872. The summed E-state index contributed by atoms with van der Waals surface area (Å²) in [4.78, 5) is 34.4. The summed E-state index contributed by atoms with van der Waals surface area (Å²) >= 11 is 0. The minimum Gasteiger partial charge on any atom is -0.356 e. The molecule has 0 fully saturated rings. The quantitative estimate of drug-likeness (QED) is 0.591. The van der Waals surface area contributed by atoms with Crippen LogP contribution in [-0.2, 0) is 14.4 Å². The SMILES string of the molecule is CCCCNC(=O)CCC(NC(C)=O)C(=O)CCC. The van der Waals surface area contributed by atoms with Gasteiger partial charge in [-0.05, 0) is 19.3 Å². The maximum Gasteiger partial charge on any atom is 0.220 e. The fraction of sp³-hybridized carbons (Fsp3) is 0.786. The van der Waals surface area contributed by atoms with Crippen molar-refractivity contribution >= 4 is 17.6 Å². The molecule has 1 atom stereocenters. The van der Waals surface area contributed by atoms with Crippen LogP contribution in [0.2, 0.25) is 0 Å². The van der Waals surface area contributed by atoms with Gasteiger partial charge in [-0.1, -0.05) is 20.3 Å². The van der Waals surface area contributed by atoms with E-state index in [-0.39, 0.29) is 24.0 Å². The van der Waals surface area contributed by atoms with Crippen LogP contribution in [0.4, 0.5) is 0 Å². The minimum atomic E-state index is -0.533. The monoisotopic (exact) mass is 270 g/mol. The molecule has 0 aromatic carbocycles. The van der Waals surface area contributed by atoms with Crippen LogP contribution < -0.4 is 10.6 Å². The summed E-state index contributed by atoms with van der Waals surface area (Å²) in [6.07, 6.45) is 3.81. The van der Waals surface area contributed by atoms with E-state index in [9.17, 15) is 14.4 Å². The largest absolute Gasteiger partial charge is 0.356 e. The van der Waals surface area contributed by atoms with Gasteiger partial charge in [0.25, 0.3) is 0 Å². The van der Waals surface area contributed by atoms with E-state index < -0.39 is 6.04 Å². The molecule has 0 saturated carbocycles. The van der Waals surface area contributed by atoms with Crippen LogP contribution in [0.3, 0.4) is 0 Å². The summed E-state index contributed by atoms with van der Waals surface area (Å²) < 4.78 is 0. The first-order chi connectivity index (χ1) is 9.01. The molecule has 0 aliphatic rings. The number of amides is 2. The molecule has 2 amide bonds. The highest BCUT2D eigenvalue weighted by Gasteiger charge is 2.19. The number of hydrogen-bond acceptors (Lipinski definition) is 3. The van der Waals surface area contributed by atoms with Gasteiger partial charge in [0.2, 0.25) is 11.8 Å². The average Bonchev–Trinajstić information content (AvgIpc) is 2.34. The van der Waals surface area contributed by atoms with Crippen LogP contribution >= 0.6 is 0 Å². The molecule has 0 aromatic rings. The second-order valence-electron chi connectivity index (χ2n) is 4.71. The predicted octanol–water partition coefficient (Wildman–Crippen LogP) is 1.56. The average molecular weight is 270 g/mol. The molecular formula is C14H26N2O3. The molecule has 19 heavy (non-hydrogen) atoms. The number of nitrogens with one attached hydrogen (secondary N) is 2. The van der Waals surface area contributed by atoms with Crippen molar-refractivity contribution < 1.29 is 14.4 Å². The van der Waals surface area contributed by atoms with Crippen LogP contribution in [0.25, 0.3) is 0 Å². The zero-order chi connectivity index (χ0) is 14.7. The number of carbonyl (C=O) groups excluding carboxylic acids is 3. The molecule has 0 spiro atoms. The van der Waals surface area contributed by atoms with E-state index >= 15 is 0 Å². The maximum atomic E-state index is 11.8. The fourth-order valence-corrected chi connectivity index (χ4v) is 1.75. The fourth-order valence-electron chi connectivity index (χ4n) is 1.75. The maximum absolute atomic E-state index is 11.8. The second kappa shape index (κ2) is 10.5. The first-order valence-corrected chi connectivity index (χ1v) is 7.07. The molecule has 0 aromatic heterocycles. The third kappa shape index (κ3) is 9.22. The number of hydrogen-bond donors (Lipinski definition) is 2. The van der Waals surface area contributed by atoms with E-state index in [1.807, 2.05) is 6.92 Å². The molecule has 0 bridgehead atoms. The highest BCUT2D eigenvalue weighted by Crippen LogP contribution is 2.04. The first kappa shape index (κ1) is 17.6. The molecule has 0 heterocycles. The van der Waals surface area contributed by atoms with Gasteiger partial charge in [-0.3, -0.25) is 14.4 Å². The van der Waals surface area contributed by atoms with Crippen molar-refractivity contribution in [2.24, 2.45) is 0 Å². The number of rotatable bonds is 10. The Kier molecular flexibility index (Phi) is 9.75. The number of Topliss-reactive ketones (excluding diaryl/α,β-unsaturated/α-hetero) is 1. The molecule has 5 heteroatoms. The van der Waals surface area contributed by atoms with Gasteiger partial charge in [0.05, 0.1) is 6.04 Å². The molecule has 0 aliphatic heterocycles. The standard InChI is InChI=1S/C14H26N2O3/c1-4-6-10-15-14(19)9-8-12(16-11(3)17)13(18)7-5-2/h12H,4-10H2,1-3H3,(H,15,19)(H,16,17). The Morgan fingerprint density at radius 1 is 1.05 bits per heavy atom. The van der Waals surface area contributed by atoms with E-state index in [2.05, 4.69) is 17.6 Å². The Balaban J connectivity index is 4.14. The summed E-state index contributed by atoms with van der Waals surface area (Å²) in [6.45, 7) is 6.03. The lowest BCUT2D eigenvalue weighted by Crippen LogP contribution is -2.40. The highest BCUT2D eigenvalue weighted by atomic mass is 16.2. The van der Waals surface area contributed by atoms with Gasteiger partial charge in [0.1, 0.15) is 0 Å². The zero-order valence-corrected chi connectivity index (χ0v) is 12.3. The summed E-state index contributed by atoms with van der Waals surface area (Å²) in [7, 11) is 0. The Labute approximate surface area is 115 Å². The highest BCUT2D eigenvalue weighted by molar-refractivity contribution is 5.89. The Morgan fingerprint density at radius 2 is 1.74 bits per heavy atom. The molecular weight excluding hydrogens is 244 g/mol. The molecule has 110 valence electrons. The van der Waals surface area contributed by atoms with Crippen LogP contribution in [0, 0.1) is 0 Å². The number of unbranched alkanes of at least 4 members (excludes halogenated alkanes) is 1. The van der Waals surface area contributed by atoms with Crippen LogP contribution in [0.1, 0.15) is 59.3 Å². The topological polar surface area (TPSA) is 75.3 Å². The molecule has 2 N–H and O–H groups in total. The van der Waals surface area contributed by atoms with Crippen molar-refractivity contribution in [3.8, 4) is 0 Å². The van der Waals surface area contributed by atoms with Gasteiger partial charge in [-0.25, -0.2) is 0 Å². The van der Waals surface area contributed by atoms with Crippen molar-refractivity contribution in [3.05, 3.63) is 0 Å². The normalized spacial score (nSPS) is 11.7. The van der Waals surface area contributed by atoms with E-state index in [1.165, 1.54) is 6.92 Å². The lowest BCUT2D eigenvalue weighted by Gasteiger charge is -2.16. The third-order valence-corrected chi connectivity index (χ3v) is 2.78. The lowest BCUT2D eigenvalue weighted by molar-refractivity contribution is -0.127. The Hall–Kier alpha value is -1.39. The molecule has 0 radical (unpaired) electrons. The van der Waals surface area contributed by atoms with Crippen LogP contribution in [0.15, 0.2) is 0 Å². The van der Waals surface area contributed by atoms with Crippen LogP contribution in [0.5, 0.6) is 0 Å². The van der Waals surface area contributed by atoms with Crippen molar-refractivity contribution in [1.82, 2.24) is 10.6 Å². The molecule has 0 rings (SSSR count). The molecule has 5 nitrogen and oxygen atoms in total. The molecule has 1 unspecified atom stereocenters. The van der Waals surface area contributed by atoms with E-state index in [0.717, 1.165) is 19.3 Å². The van der Waals surface area contributed by atoms with Gasteiger partial charge in [0.15, 0.2) is 5.78 Å². The van der Waals surface area contributed by atoms with E-state index in [0.29, 0.717) is 19.4 Å². The van der Waals surface area contributed by atoms with Crippen molar-refractivity contribution in [2.75, 3.05) is 6.54 Å². The molecule has 0 aliphatic carbocycles. The Morgan fingerprint density at radius 3 is 2.26 bits per heavy atom. The second-order valence-corrected chi connectivity index (χ2v) is 4.71. The number of carbonyl (C=O) groups is 3. The lowest BCUT2D eigenvalue weighted by atomic mass is 10.0. The van der Waals surface area contributed by atoms with Crippen molar-refractivity contribution in [3.63, 3.8) is 0 Å². The summed E-state index contributed by atoms with van der Waals surface area (Å²) in [6, 6.07) is -0.533. The van der Waals surface area contributed by atoms with Crippen molar-refractivity contribution in [2.45, 2.75) is 65.3 Å².